The van der Waals surface area contributed by atoms with Crippen molar-refractivity contribution < 1.29 is 57.5 Å². The number of hydrogen-bond acceptors (Lipinski definition) is 12. The molecule has 2 saturated carbocycles. The standard InChI is InChI=1S/C31H38O12/c1-14(32)39-25-26(40-15(2)33)28(41-16(3)34)30(43-27(25)29(37)38-5)42-22-10-8-17-18-12-13-31(4)21(9-11-23(31)35)19(18)6-7-20(17)24(22)36/h8,10,18-19,21,25-28,30,36H,6-7,9,11-13H2,1-5H3/t18-,19-,21+,25+,26+,27+,28-,30-,31+/m1/s1. The third kappa shape index (κ3) is 5.57. The second-order valence-corrected chi connectivity index (χ2v) is 12.1. The van der Waals surface area contributed by atoms with Crippen LogP contribution >= 0.6 is 0 Å². The highest BCUT2D eigenvalue weighted by Crippen LogP contribution is 2.60. The highest BCUT2D eigenvalue weighted by Gasteiger charge is 2.57. The molecule has 0 bridgehead atoms. The van der Waals surface area contributed by atoms with Crippen LogP contribution in [-0.2, 0) is 54.1 Å². The Hall–Kier alpha value is -3.67. The van der Waals surface area contributed by atoms with Gasteiger partial charge in [-0.05, 0) is 61.5 Å². The fraction of sp³-hybridized carbons (Fsp3) is 0.645. The van der Waals surface area contributed by atoms with Gasteiger partial charge in [0.15, 0.2) is 29.8 Å². The van der Waals surface area contributed by atoms with Crippen LogP contribution in [0.3, 0.4) is 0 Å². The number of phenols is 1. The van der Waals surface area contributed by atoms with Crippen molar-refractivity contribution in [2.75, 3.05) is 7.11 Å². The van der Waals surface area contributed by atoms with Gasteiger partial charge in [-0.25, -0.2) is 4.79 Å². The second kappa shape index (κ2) is 11.8. The van der Waals surface area contributed by atoms with Gasteiger partial charge in [0.1, 0.15) is 5.78 Å². The number of phenolic OH excluding ortho intramolecular Hbond substituents is 1. The van der Waals surface area contributed by atoms with Gasteiger partial charge >= 0.3 is 23.9 Å². The van der Waals surface area contributed by atoms with Crippen LogP contribution in [0.25, 0.3) is 0 Å². The van der Waals surface area contributed by atoms with Gasteiger partial charge in [-0.15, -0.1) is 0 Å². The van der Waals surface area contributed by atoms with Crippen LogP contribution < -0.4 is 4.74 Å². The van der Waals surface area contributed by atoms with Crippen molar-refractivity contribution in [2.24, 2.45) is 17.3 Å². The molecule has 0 amide bonds. The first-order valence-electron chi connectivity index (χ1n) is 14.6. The van der Waals surface area contributed by atoms with Gasteiger partial charge in [-0.3, -0.25) is 19.2 Å². The Morgan fingerprint density at radius 1 is 0.907 bits per heavy atom. The molecule has 1 N–H and O–H groups in total. The third-order valence-corrected chi connectivity index (χ3v) is 9.63. The van der Waals surface area contributed by atoms with Gasteiger partial charge in [0.25, 0.3) is 0 Å². The molecule has 1 aromatic rings. The lowest BCUT2D eigenvalue weighted by Gasteiger charge is -2.48. The molecule has 1 heterocycles. The molecule has 1 saturated heterocycles. The van der Waals surface area contributed by atoms with E-state index in [0.29, 0.717) is 30.5 Å². The quantitative estimate of drug-likeness (QED) is 0.375. The summed E-state index contributed by atoms with van der Waals surface area (Å²) in [6.07, 6.45) is -3.10. The third-order valence-electron chi connectivity index (χ3n) is 9.63. The first-order chi connectivity index (χ1) is 20.3. The Balaban J connectivity index is 1.47. The smallest absolute Gasteiger partial charge is 0.339 e. The number of fused-ring (bicyclic) bond motifs is 5. The van der Waals surface area contributed by atoms with Crippen LogP contribution in [0.15, 0.2) is 12.1 Å². The number of benzene rings is 1. The summed E-state index contributed by atoms with van der Waals surface area (Å²) >= 11 is 0. The minimum Gasteiger partial charge on any atom is -0.504 e. The fourth-order valence-electron chi connectivity index (χ4n) is 7.79. The van der Waals surface area contributed by atoms with E-state index in [-0.39, 0.29) is 22.8 Å². The fourth-order valence-corrected chi connectivity index (χ4v) is 7.79. The topological polar surface area (TPSA) is 161 Å². The van der Waals surface area contributed by atoms with E-state index in [0.717, 1.165) is 64.7 Å². The number of ketones is 1. The lowest BCUT2D eigenvalue weighted by molar-refractivity contribution is -0.282. The number of aromatic hydroxyl groups is 1. The number of Topliss-reactive ketones (excluding diaryl/α,β-unsaturated/α-hetero) is 1. The number of methoxy groups -OCH3 is 1. The van der Waals surface area contributed by atoms with Crippen molar-refractivity contribution in [2.45, 2.75) is 103 Å². The van der Waals surface area contributed by atoms with E-state index in [9.17, 15) is 29.1 Å². The van der Waals surface area contributed by atoms with E-state index in [4.69, 9.17) is 28.4 Å². The second-order valence-electron chi connectivity index (χ2n) is 12.1. The molecule has 43 heavy (non-hydrogen) atoms. The molecule has 0 radical (unpaired) electrons. The molecule has 12 heteroatoms. The SMILES string of the molecule is COC(=O)[C@H]1O[C@@H](Oc2ccc3c(c2O)CC[C@@H]2[C@@H]3CC[C@]3(C)C(=O)CC[C@@H]23)[C@H](OC(C)=O)[C@@H](OC(C)=O)[C@@H]1OC(C)=O. The predicted octanol–water partition coefficient (Wildman–Crippen LogP) is 2.89. The molecule has 9 atom stereocenters. The van der Waals surface area contributed by atoms with Gasteiger partial charge < -0.3 is 33.5 Å². The van der Waals surface area contributed by atoms with Crippen molar-refractivity contribution >= 4 is 29.7 Å². The lowest BCUT2D eigenvalue weighted by atomic mass is 9.55. The molecular weight excluding hydrogens is 564 g/mol. The molecule has 3 aliphatic carbocycles. The van der Waals surface area contributed by atoms with E-state index >= 15 is 0 Å². The molecule has 0 spiro atoms. The maximum absolute atomic E-state index is 12.7. The van der Waals surface area contributed by atoms with Crippen molar-refractivity contribution in [3.8, 4) is 11.5 Å². The van der Waals surface area contributed by atoms with Crippen LogP contribution in [0, 0.1) is 17.3 Å². The summed E-state index contributed by atoms with van der Waals surface area (Å²) < 4.78 is 32.8. The molecule has 1 aromatic carbocycles. The van der Waals surface area contributed by atoms with Gasteiger partial charge in [0.05, 0.1) is 7.11 Å². The summed E-state index contributed by atoms with van der Waals surface area (Å²) in [4.78, 5) is 61.5. The number of ether oxygens (including phenoxy) is 6. The summed E-state index contributed by atoms with van der Waals surface area (Å²) in [5.41, 5.74) is 1.47. The zero-order valence-electron chi connectivity index (χ0n) is 25.0. The van der Waals surface area contributed by atoms with Crippen LogP contribution in [0.2, 0.25) is 0 Å². The first kappa shape index (κ1) is 30.8. The van der Waals surface area contributed by atoms with Gasteiger partial charge in [-0.1, -0.05) is 13.0 Å². The van der Waals surface area contributed by atoms with E-state index < -0.39 is 54.6 Å². The zero-order valence-corrected chi connectivity index (χ0v) is 25.0. The molecule has 234 valence electrons. The normalized spacial score (nSPS) is 34.6. The summed E-state index contributed by atoms with van der Waals surface area (Å²) in [5, 5.41) is 11.4. The molecule has 3 fully saturated rings. The highest BCUT2D eigenvalue weighted by molar-refractivity contribution is 5.87. The van der Waals surface area contributed by atoms with E-state index in [1.807, 2.05) is 6.07 Å². The minimum absolute atomic E-state index is 0.00664. The first-order valence-corrected chi connectivity index (χ1v) is 14.6. The maximum atomic E-state index is 12.7. The molecule has 12 nitrogen and oxygen atoms in total. The monoisotopic (exact) mass is 602 g/mol. The van der Waals surface area contributed by atoms with E-state index in [1.165, 1.54) is 0 Å². The lowest BCUT2D eigenvalue weighted by Crippen LogP contribution is -2.64. The average molecular weight is 603 g/mol. The Bertz CT molecular complexity index is 1320. The number of carbonyl (C=O) groups is 5. The van der Waals surface area contributed by atoms with Crippen LogP contribution in [0.1, 0.15) is 76.8 Å². The van der Waals surface area contributed by atoms with Crippen molar-refractivity contribution in [3.05, 3.63) is 23.3 Å². The molecule has 4 aliphatic rings. The van der Waals surface area contributed by atoms with Crippen molar-refractivity contribution in [3.63, 3.8) is 0 Å². The largest absolute Gasteiger partial charge is 0.504 e. The predicted molar refractivity (Wildman–Crippen MR) is 146 cm³/mol. The Morgan fingerprint density at radius 3 is 2.21 bits per heavy atom. The Morgan fingerprint density at radius 2 is 1.56 bits per heavy atom. The van der Waals surface area contributed by atoms with Gasteiger partial charge in [0.2, 0.25) is 12.4 Å². The number of carbonyl (C=O) groups excluding carboxylic acids is 5. The zero-order chi connectivity index (χ0) is 31.2. The molecule has 5 rings (SSSR count). The number of esters is 4. The highest BCUT2D eigenvalue weighted by atomic mass is 16.7. The summed E-state index contributed by atoms with van der Waals surface area (Å²) in [7, 11) is 1.10. The van der Waals surface area contributed by atoms with Crippen LogP contribution in [0.5, 0.6) is 11.5 Å². The maximum Gasteiger partial charge on any atom is 0.339 e. The number of rotatable bonds is 6. The van der Waals surface area contributed by atoms with Gasteiger partial charge in [-0.2, -0.15) is 0 Å². The Labute approximate surface area is 249 Å². The summed E-state index contributed by atoms with van der Waals surface area (Å²) in [5.74, 6) is -2.22. The minimum atomic E-state index is -1.61. The van der Waals surface area contributed by atoms with E-state index in [1.54, 1.807) is 6.07 Å². The van der Waals surface area contributed by atoms with Crippen molar-refractivity contribution in [1.29, 1.82) is 0 Å². The molecular formula is C31H38O12. The summed E-state index contributed by atoms with van der Waals surface area (Å²) in [6.45, 7) is 5.42. The van der Waals surface area contributed by atoms with Crippen molar-refractivity contribution in [1.82, 2.24) is 0 Å². The number of hydrogen-bond donors (Lipinski definition) is 1. The molecule has 1 aliphatic heterocycles. The average Bonchev–Trinajstić information content (AvgIpc) is 3.25. The van der Waals surface area contributed by atoms with Crippen LogP contribution in [-0.4, -0.2) is 72.6 Å². The summed E-state index contributed by atoms with van der Waals surface area (Å²) in [6, 6.07) is 3.48. The molecule has 0 aromatic heterocycles. The van der Waals surface area contributed by atoms with E-state index in [2.05, 4.69) is 6.92 Å². The molecule has 0 unspecified atom stereocenters. The van der Waals surface area contributed by atoms with Gasteiger partial charge in [0, 0.05) is 38.2 Å². The van der Waals surface area contributed by atoms with Crippen LogP contribution in [0.4, 0.5) is 0 Å². The Kier molecular flexibility index (Phi) is 8.43.